The lowest BCUT2D eigenvalue weighted by molar-refractivity contribution is 0.0555. The van der Waals surface area contributed by atoms with Crippen molar-refractivity contribution in [2.24, 2.45) is 0 Å². The van der Waals surface area contributed by atoms with Crippen molar-refractivity contribution >= 4 is 20.5 Å². The monoisotopic (exact) mass is 332 g/mol. The zero-order valence-electron chi connectivity index (χ0n) is 14.1. The lowest BCUT2D eigenvalue weighted by atomic mass is 10.1. The quantitative estimate of drug-likeness (QED) is 0.773. The fourth-order valence-corrected chi connectivity index (χ4v) is 3.26. The highest BCUT2D eigenvalue weighted by Crippen LogP contribution is 2.36. The van der Waals surface area contributed by atoms with E-state index in [4.69, 9.17) is 9.53 Å². The third-order valence-corrected chi connectivity index (χ3v) is 9.26. The van der Waals surface area contributed by atoms with Crippen LogP contribution in [-0.4, -0.2) is 72.8 Å². The molecule has 0 spiro atoms. The molecule has 1 aliphatic heterocycles. The van der Waals surface area contributed by atoms with E-state index < -0.39 is 20.5 Å². The average molecular weight is 332 g/mol. The molecule has 0 aromatic rings. The van der Waals surface area contributed by atoms with Crippen LogP contribution in [0.3, 0.4) is 0 Å². The van der Waals surface area contributed by atoms with Gasteiger partial charge in [-0.2, -0.15) is 0 Å². The van der Waals surface area contributed by atoms with Gasteiger partial charge in [0.25, 0.3) is 0 Å². The summed E-state index contributed by atoms with van der Waals surface area (Å²) in [6.07, 6.45) is -1.48. The van der Waals surface area contributed by atoms with Gasteiger partial charge in [0, 0.05) is 26.2 Å². The highest BCUT2D eigenvalue weighted by Gasteiger charge is 2.38. The molecule has 128 valence electrons. The minimum atomic E-state index is -1.87. The van der Waals surface area contributed by atoms with Crippen LogP contribution in [0, 0.1) is 0 Å². The second kappa shape index (κ2) is 6.87. The van der Waals surface area contributed by atoms with Gasteiger partial charge < -0.3 is 24.4 Å². The Labute approximate surface area is 133 Å². The van der Waals surface area contributed by atoms with E-state index >= 15 is 0 Å². The number of nitrogens with zero attached hydrogens (tertiary/aromatic N) is 2. The summed E-state index contributed by atoms with van der Waals surface area (Å²) in [5.41, 5.74) is 0. The van der Waals surface area contributed by atoms with Crippen LogP contribution in [0.5, 0.6) is 0 Å². The van der Waals surface area contributed by atoms with E-state index in [9.17, 15) is 14.7 Å². The van der Waals surface area contributed by atoms with Crippen LogP contribution in [0.4, 0.5) is 9.59 Å². The van der Waals surface area contributed by atoms with Gasteiger partial charge in [-0.3, -0.25) is 0 Å². The Hall–Kier alpha value is -1.28. The molecule has 0 aliphatic carbocycles. The molecule has 1 aliphatic rings. The fourth-order valence-electron chi connectivity index (χ4n) is 2.19. The van der Waals surface area contributed by atoms with Crippen molar-refractivity contribution in [1.29, 1.82) is 0 Å². The molecular weight excluding hydrogens is 304 g/mol. The molecule has 7 nitrogen and oxygen atoms in total. The lowest BCUT2D eigenvalue weighted by Gasteiger charge is -2.40. The van der Waals surface area contributed by atoms with Crippen LogP contribution in [0.25, 0.3) is 0 Å². The third kappa shape index (κ3) is 4.61. The maximum Gasteiger partial charge on any atom is 0.407 e. The molecule has 1 fully saturated rings. The highest BCUT2D eigenvalue weighted by molar-refractivity contribution is 6.74. The van der Waals surface area contributed by atoms with Crippen molar-refractivity contribution in [2.75, 3.05) is 26.2 Å². The molecule has 1 rings (SSSR count). The van der Waals surface area contributed by atoms with E-state index in [1.807, 2.05) is 0 Å². The molecule has 0 aromatic carbocycles. The first kappa shape index (κ1) is 18.8. The van der Waals surface area contributed by atoms with Crippen LogP contribution in [0.1, 0.15) is 27.2 Å². The minimum Gasteiger partial charge on any atom is -0.465 e. The normalized spacial score (nSPS) is 20.1. The highest BCUT2D eigenvalue weighted by atomic mass is 28.4. The summed E-state index contributed by atoms with van der Waals surface area (Å²) < 4.78 is 6.07. The number of carbonyl (C=O) groups is 2. The van der Waals surface area contributed by atoms with E-state index in [2.05, 4.69) is 33.9 Å². The predicted molar refractivity (Wildman–Crippen MR) is 85.9 cm³/mol. The van der Waals surface area contributed by atoms with Crippen LogP contribution in [0.15, 0.2) is 0 Å². The summed E-state index contributed by atoms with van der Waals surface area (Å²) in [5.74, 6) is 0. The molecule has 0 radical (unpaired) electrons. The summed E-state index contributed by atoms with van der Waals surface area (Å²) in [7, 11) is -1.87. The molecule has 0 aromatic heterocycles. The average Bonchev–Trinajstić information content (AvgIpc) is 2.36. The molecule has 0 bridgehead atoms. The van der Waals surface area contributed by atoms with Gasteiger partial charge in [0.1, 0.15) is 0 Å². The molecule has 22 heavy (non-hydrogen) atoms. The molecule has 8 heteroatoms. The van der Waals surface area contributed by atoms with E-state index in [1.54, 1.807) is 0 Å². The summed E-state index contributed by atoms with van der Waals surface area (Å²) in [4.78, 5) is 25.0. The third-order valence-electron chi connectivity index (χ3n) is 4.72. The van der Waals surface area contributed by atoms with E-state index in [-0.39, 0.29) is 30.7 Å². The number of rotatable bonds is 4. The molecule has 1 heterocycles. The molecule has 2 amide bonds. The Bertz CT molecular complexity index is 422. The van der Waals surface area contributed by atoms with Gasteiger partial charge in [-0.1, -0.05) is 20.8 Å². The first-order valence-electron chi connectivity index (χ1n) is 7.57. The SMILES string of the molecule is CC(C)(C)[Si](C)(C)OCC[C@@H]1CN(C(=O)O)CCN1C(=O)O. The van der Waals surface area contributed by atoms with Crippen LogP contribution in [-0.2, 0) is 4.43 Å². The van der Waals surface area contributed by atoms with Gasteiger partial charge in [-0.15, -0.1) is 0 Å². The number of hydrogen-bond acceptors (Lipinski definition) is 3. The van der Waals surface area contributed by atoms with E-state index in [0.29, 0.717) is 13.0 Å². The van der Waals surface area contributed by atoms with E-state index in [0.717, 1.165) is 0 Å². The number of amides is 2. The van der Waals surface area contributed by atoms with Gasteiger partial charge in [-0.05, 0) is 24.6 Å². The lowest BCUT2D eigenvalue weighted by Crippen LogP contribution is -2.56. The summed E-state index contributed by atoms with van der Waals surface area (Å²) in [5, 5.41) is 18.4. The molecule has 0 saturated carbocycles. The fraction of sp³-hybridized carbons (Fsp3) is 0.857. The Morgan fingerprint density at radius 3 is 2.23 bits per heavy atom. The first-order valence-corrected chi connectivity index (χ1v) is 10.5. The standard InChI is InChI=1S/C14H28N2O5Si/c1-14(2,3)22(4,5)21-9-6-11-10-15(12(17)18)7-8-16(11)13(19)20/h11H,6-10H2,1-5H3,(H,17,18)(H,19,20)/t11-/m1/s1. The maximum atomic E-state index is 11.3. The predicted octanol–water partition coefficient (Wildman–Crippen LogP) is 2.74. The van der Waals surface area contributed by atoms with Crippen molar-refractivity contribution in [3.05, 3.63) is 0 Å². The molecule has 1 atom stereocenters. The zero-order valence-corrected chi connectivity index (χ0v) is 15.1. The summed E-state index contributed by atoms with van der Waals surface area (Å²) >= 11 is 0. The van der Waals surface area contributed by atoms with Gasteiger partial charge >= 0.3 is 12.2 Å². The van der Waals surface area contributed by atoms with Gasteiger partial charge in [0.15, 0.2) is 8.32 Å². The maximum absolute atomic E-state index is 11.3. The molecule has 1 saturated heterocycles. The van der Waals surface area contributed by atoms with Crippen LogP contribution < -0.4 is 0 Å². The summed E-state index contributed by atoms with van der Waals surface area (Å²) in [6, 6.07) is -0.341. The van der Waals surface area contributed by atoms with Gasteiger partial charge in [0.05, 0.1) is 6.04 Å². The number of hydrogen-bond donors (Lipinski definition) is 2. The Balaban J connectivity index is 2.63. The van der Waals surface area contributed by atoms with Crippen LogP contribution in [0.2, 0.25) is 18.1 Å². The first-order chi connectivity index (χ1) is 9.95. The van der Waals surface area contributed by atoms with Crippen LogP contribution >= 0.6 is 0 Å². The van der Waals surface area contributed by atoms with Crippen molar-refractivity contribution in [3.63, 3.8) is 0 Å². The second-order valence-electron chi connectivity index (χ2n) is 7.26. The van der Waals surface area contributed by atoms with Gasteiger partial charge in [0.2, 0.25) is 0 Å². The number of carboxylic acid groups (broad SMARTS) is 2. The van der Waals surface area contributed by atoms with Crippen molar-refractivity contribution in [1.82, 2.24) is 9.80 Å². The van der Waals surface area contributed by atoms with Crippen molar-refractivity contribution < 1.29 is 24.2 Å². The smallest absolute Gasteiger partial charge is 0.407 e. The molecule has 0 unspecified atom stereocenters. The minimum absolute atomic E-state index is 0.0964. The number of piperazine rings is 1. The van der Waals surface area contributed by atoms with Crippen molar-refractivity contribution in [2.45, 2.75) is 51.4 Å². The Kier molecular flexibility index (Phi) is 5.86. The Morgan fingerprint density at radius 1 is 1.18 bits per heavy atom. The van der Waals surface area contributed by atoms with Gasteiger partial charge in [-0.25, -0.2) is 9.59 Å². The van der Waals surface area contributed by atoms with Crippen molar-refractivity contribution in [3.8, 4) is 0 Å². The Morgan fingerprint density at radius 2 is 1.77 bits per heavy atom. The second-order valence-corrected chi connectivity index (χ2v) is 12.1. The molecular formula is C14H28N2O5Si. The zero-order chi connectivity index (χ0) is 17.1. The topological polar surface area (TPSA) is 90.3 Å². The largest absolute Gasteiger partial charge is 0.465 e. The molecule has 2 N–H and O–H groups in total. The van der Waals surface area contributed by atoms with E-state index in [1.165, 1.54) is 9.80 Å². The summed E-state index contributed by atoms with van der Waals surface area (Å²) in [6.45, 7) is 11.8.